The van der Waals surface area contributed by atoms with E-state index in [4.69, 9.17) is 11.6 Å². The summed E-state index contributed by atoms with van der Waals surface area (Å²) in [5.41, 5.74) is 0.545. The molecule has 0 amide bonds. The van der Waals surface area contributed by atoms with Gasteiger partial charge in [-0.15, -0.1) is 11.3 Å². The molecule has 1 aromatic heterocycles. The summed E-state index contributed by atoms with van der Waals surface area (Å²) in [6, 6.07) is 3.07. The van der Waals surface area contributed by atoms with Gasteiger partial charge in [-0.3, -0.25) is 0 Å². The minimum Gasteiger partial charge on any atom is -0.434 e. The van der Waals surface area contributed by atoms with Gasteiger partial charge in [0.2, 0.25) is 0 Å². The third kappa shape index (κ3) is 2.38. The maximum atomic E-state index is 12.0. The van der Waals surface area contributed by atoms with Crippen molar-refractivity contribution in [1.82, 2.24) is 4.98 Å². The van der Waals surface area contributed by atoms with Crippen LogP contribution in [-0.4, -0.2) is 11.6 Å². The topological polar surface area (TPSA) is 22.1 Å². The van der Waals surface area contributed by atoms with Gasteiger partial charge in [0.1, 0.15) is 5.75 Å². The van der Waals surface area contributed by atoms with Gasteiger partial charge in [0.25, 0.3) is 0 Å². The zero-order valence-electron chi connectivity index (χ0n) is 7.01. The summed E-state index contributed by atoms with van der Waals surface area (Å²) < 4.78 is 30.0. The van der Waals surface area contributed by atoms with Crippen molar-refractivity contribution >= 4 is 49.1 Å². The Labute approximate surface area is 101 Å². The first kappa shape index (κ1) is 11.0. The van der Waals surface area contributed by atoms with Crippen molar-refractivity contribution < 1.29 is 13.5 Å². The molecule has 0 aliphatic rings. The number of nitrogens with zero attached hydrogens (tertiary/aromatic N) is 1. The minimum absolute atomic E-state index is 0.0551. The van der Waals surface area contributed by atoms with Crippen molar-refractivity contribution in [2.24, 2.45) is 0 Å². The van der Waals surface area contributed by atoms with E-state index in [1.807, 2.05) is 0 Å². The fraction of sp³-hybridized carbons (Fsp3) is 0.125. The molecule has 0 radical (unpaired) electrons. The Morgan fingerprint density at radius 3 is 2.87 bits per heavy atom. The number of fused-ring (bicyclic) bond motifs is 1. The molecule has 0 unspecified atom stereocenters. The Morgan fingerprint density at radius 2 is 2.20 bits per heavy atom. The average molecular weight is 315 g/mol. The van der Waals surface area contributed by atoms with Crippen LogP contribution in [0.4, 0.5) is 8.78 Å². The fourth-order valence-corrected chi connectivity index (χ4v) is 2.73. The van der Waals surface area contributed by atoms with Crippen LogP contribution in [0.2, 0.25) is 4.47 Å². The summed E-state index contributed by atoms with van der Waals surface area (Å²) in [6.07, 6.45) is 0. The third-order valence-electron chi connectivity index (χ3n) is 1.63. The first-order valence-electron chi connectivity index (χ1n) is 3.76. The van der Waals surface area contributed by atoms with E-state index in [1.54, 1.807) is 6.07 Å². The third-order valence-corrected chi connectivity index (χ3v) is 3.37. The summed E-state index contributed by atoms with van der Waals surface area (Å²) in [5.74, 6) is 0.0551. The molecule has 0 saturated heterocycles. The Kier molecular flexibility index (Phi) is 3.08. The quantitative estimate of drug-likeness (QED) is 0.824. The summed E-state index contributed by atoms with van der Waals surface area (Å²) >= 11 is 10.1. The number of alkyl halides is 2. The van der Waals surface area contributed by atoms with Crippen molar-refractivity contribution in [2.45, 2.75) is 6.61 Å². The van der Waals surface area contributed by atoms with Gasteiger partial charge in [-0.05, 0) is 22.0 Å². The highest BCUT2D eigenvalue weighted by Crippen LogP contribution is 2.35. The van der Waals surface area contributed by atoms with Gasteiger partial charge in [0, 0.05) is 6.07 Å². The number of benzene rings is 1. The molecule has 80 valence electrons. The molecule has 15 heavy (non-hydrogen) atoms. The summed E-state index contributed by atoms with van der Waals surface area (Å²) in [7, 11) is 0. The molecule has 7 heteroatoms. The lowest BCUT2D eigenvalue weighted by molar-refractivity contribution is -0.0502. The highest BCUT2D eigenvalue weighted by Gasteiger charge is 2.11. The van der Waals surface area contributed by atoms with E-state index in [-0.39, 0.29) is 5.75 Å². The molecule has 2 aromatic rings. The molecule has 1 heterocycles. The van der Waals surface area contributed by atoms with Gasteiger partial charge in [-0.2, -0.15) is 8.78 Å². The van der Waals surface area contributed by atoms with E-state index in [1.165, 1.54) is 17.4 Å². The maximum Gasteiger partial charge on any atom is 0.387 e. The molecule has 0 atom stereocenters. The first-order chi connectivity index (χ1) is 7.06. The van der Waals surface area contributed by atoms with Crippen LogP contribution in [0.15, 0.2) is 16.6 Å². The number of aromatic nitrogens is 1. The van der Waals surface area contributed by atoms with Crippen molar-refractivity contribution in [3.05, 3.63) is 21.1 Å². The molecule has 0 spiro atoms. The van der Waals surface area contributed by atoms with E-state index in [0.717, 1.165) is 4.70 Å². The summed E-state index contributed by atoms with van der Waals surface area (Å²) in [6.45, 7) is -2.85. The highest BCUT2D eigenvalue weighted by atomic mass is 79.9. The second-order valence-corrected chi connectivity index (χ2v) is 5.06. The molecule has 0 aliphatic heterocycles. The Morgan fingerprint density at radius 1 is 1.47 bits per heavy atom. The van der Waals surface area contributed by atoms with Gasteiger partial charge in [0.15, 0.2) is 4.47 Å². The van der Waals surface area contributed by atoms with Crippen LogP contribution in [0.25, 0.3) is 10.2 Å². The lowest BCUT2D eigenvalue weighted by atomic mass is 10.3. The average Bonchev–Trinajstić information content (AvgIpc) is 2.44. The molecule has 2 nitrogen and oxygen atoms in total. The van der Waals surface area contributed by atoms with E-state index in [9.17, 15) is 8.78 Å². The van der Waals surface area contributed by atoms with Crippen molar-refractivity contribution in [1.29, 1.82) is 0 Å². The molecule has 0 N–H and O–H groups in total. The number of hydrogen-bond donors (Lipinski definition) is 0. The zero-order chi connectivity index (χ0) is 11.0. The first-order valence-corrected chi connectivity index (χ1v) is 5.75. The minimum atomic E-state index is -2.85. The standard InChI is InChI=1S/C8H3BrClF2NOS/c9-3-1-6-4(13-7(10)15-6)2-5(3)14-8(11)12/h1-2,8H. The number of ether oxygens (including phenoxy) is 1. The van der Waals surface area contributed by atoms with Gasteiger partial charge in [-0.1, -0.05) is 11.6 Å². The number of halogens is 4. The summed E-state index contributed by atoms with van der Waals surface area (Å²) in [5, 5.41) is 0. The van der Waals surface area contributed by atoms with Gasteiger partial charge < -0.3 is 4.74 Å². The van der Waals surface area contributed by atoms with Crippen LogP contribution in [-0.2, 0) is 0 Å². The number of hydrogen-bond acceptors (Lipinski definition) is 3. The van der Waals surface area contributed by atoms with E-state index in [2.05, 4.69) is 25.7 Å². The van der Waals surface area contributed by atoms with Gasteiger partial charge in [0.05, 0.1) is 14.7 Å². The molecular formula is C8H3BrClF2NOS. The van der Waals surface area contributed by atoms with Gasteiger partial charge >= 0.3 is 6.61 Å². The molecule has 0 bridgehead atoms. The number of rotatable bonds is 2. The van der Waals surface area contributed by atoms with E-state index >= 15 is 0 Å². The summed E-state index contributed by atoms with van der Waals surface area (Å²) in [4.78, 5) is 3.96. The van der Waals surface area contributed by atoms with Crippen LogP contribution >= 0.6 is 38.9 Å². The molecule has 0 fully saturated rings. The lowest BCUT2D eigenvalue weighted by Gasteiger charge is -2.05. The molecule has 0 saturated carbocycles. The second-order valence-electron chi connectivity index (χ2n) is 2.60. The van der Waals surface area contributed by atoms with Crippen molar-refractivity contribution in [3.63, 3.8) is 0 Å². The van der Waals surface area contributed by atoms with Crippen LogP contribution in [0.1, 0.15) is 0 Å². The smallest absolute Gasteiger partial charge is 0.387 e. The molecule has 1 aromatic carbocycles. The normalized spacial score (nSPS) is 11.3. The van der Waals surface area contributed by atoms with Gasteiger partial charge in [-0.25, -0.2) is 4.98 Å². The largest absolute Gasteiger partial charge is 0.434 e. The van der Waals surface area contributed by atoms with Crippen LogP contribution in [0.3, 0.4) is 0 Å². The van der Waals surface area contributed by atoms with Crippen molar-refractivity contribution in [3.8, 4) is 5.75 Å². The van der Waals surface area contributed by atoms with Crippen molar-refractivity contribution in [2.75, 3.05) is 0 Å². The molecule has 0 aliphatic carbocycles. The Hall–Kier alpha value is -0.460. The Balaban J connectivity index is 2.51. The highest BCUT2D eigenvalue weighted by molar-refractivity contribution is 9.10. The van der Waals surface area contributed by atoms with Crippen LogP contribution in [0, 0.1) is 0 Å². The zero-order valence-corrected chi connectivity index (χ0v) is 10.2. The molecule has 2 rings (SSSR count). The second kappa shape index (κ2) is 4.19. The van der Waals surface area contributed by atoms with E-state index < -0.39 is 6.61 Å². The predicted molar refractivity (Wildman–Crippen MR) is 59.0 cm³/mol. The molecular weight excluding hydrogens is 312 g/mol. The SMILES string of the molecule is FC(F)Oc1cc2nc(Cl)sc2cc1Br. The monoisotopic (exact) mass is 313 g/mol. The van der Waals surface area contributed by atoms with Crippen LogP contribution in [0.5, 0.6) is 5.75 Å². The Bertz CT molecular complexity index is 505. The predicted octanol–water partition coefficient (Wildman–Crippen LogP) is 4.31. The lowest BCUT2D eigenvalue weighted by Crippen LogP contribution is -2.02. The van der Waals surface area contributed by atoms with Crippen LogP contribution < -0.4 is 4.74 Å². The maximum absolute atomic E-state index is 12.0. The van der Waals surface area contributed by atoms with E-state index in [0.29, 0.717) is 14.5 Å². The fourth-order valence-electron chi connectivity index (χ4n) is 1.09. The number of thiazole rings is 1.